The second-order valence-electron chi connectivity index (χ2n) is 5.32. The van der Waals surface area contributed by atoms with Crippen molar-refractivity contribution < 1.29 is 8.42 Å². The van der Waals surface area contributed by atoms with E-state index in [1.807, 2.05) is 25.1 Å². The molecule has 2 aromatic rings. The largest absolute Gasteiger partial charge is 0.241 e. The summed E-state index contributed by atoms with van der Waals surface area (Å²) in [6, 6.07) is 13.0. The molecule has 0 unspecified atom stereocenters. The van der Waals surface area contributed by atoms with Crippen LogP contribution in [0.25, 0.3) is 0 Å². The van der Waals surface area contributed by atoms with E-state index in [1.54, 1.807) is 18.2 Å². The van der Waals surface area contributed by atoms with Gasteiger partial charge in [0.2, 0.25) is 10.0 Å². The van der Waals surface area contributed by atoms with E-state index < -0.39 is 10.0 Å². The minimum absolute atomic E-state index is 0.129. The van der Waals surface area contributed by atoms with Crippen LogP contribution in [-0.4, -0.2) is 8.42 Å². The smallest absolute Gasteiger partial charge is 0.207 e. The first-order valence-corrected chi connectivity index (χ1v) is 9.11. The summed E-state index contributed by atoms with van der Waals surface area (Å²) in [4.78, 5) is 0.313. The van der Waals surface area contributed by atoms with Crippen molar-refractivity contribution in [3.05, 3.63) is 63.6 Å². The summed E-state index contributed by atoms with van der Waals surface area (Å²) in [7, 11) is -3.50. The first kappa shape index (κ1) is 14.8. The summed E-state index contributed by atoms with van der Waals surface area (Å²) in [5, 5.41) is 0. The summed E-state index contributed by atoms with van der Waals surface area (Å²) in [6.07, 6.45) is 1.73. The third-order valence-electron chi connectivity index (χ3n) is 3.87. The van der Waals surface area contributed by atoms with E-state index in [-0.39, 0.29) is 6.04 Å². The molecule has 110 valence electrons. The van der Waals surface area contributed by atoms with Gasteiger partial charge in [-0.3, -0.25) is 0 Å². The van der Waals surface area contributed by atoms with Crippen molar-refractivity contribution in [2.45, 2.75) is 30.7 Å². The van der Waals surface area contributed by atoms with Crippen molar-refractivity contribution >= 4 is 26.0 Å². The zero-order valence-electron chi connectivity index (χ0n) is 11.6. The Bertz CT molecular complexity index is 787. The fourth-order valence-electron chi connectivity index (χ4n) is 2.72. The maximum atomic E-state index is 12.5. The molecule has 1 atom stereocenters. The average Bonchev–Trinajstić information content (AvgIpc) is 2.85. The molecule has 2 aromatic carbocycles. The molecule has 0 heterocycles. The van der Waals surface area contributed by atoms with Crippen LogP contribution in [0.2, 0.25) is 0 Å². The molecule has 0 aromatic heterocycles. The van der Waals surface area contributed by atoms with Gasteiger partial charge in [0.1, 0.15) is 0 Å². The number of hydrogen-bond donors (Lipinski definition) is 1. The molecule has 0 radical (unpaired) electrons. The number of aryl methyl sites for hydroxylation is 2. The molecule has 3 nitrogen and oxygen atoms in total. The van der Waals surface area contributed by atoms with Gasteiger partial charge in [0.15, 0.2) is 0 Å². The summed E-state index contributed by atoms with van der Waals surface area (Å²) in [5.41, 5.74) is 3.23. The number of nitrogens with one attached hydrogen (secondary N) is 1. The molecule has 21 heavy (non-hydrogen) atoms. The predicted molar refractivity (Wildman–Crippen MR) is 86.7 cm³/mol. The average molecular weight is 366 g/mol. The zero-order chi connectivity index (χ0) is 15.0. The van der Waals surface area contributed by atoms with Crippen molar-refractivity contribution in [3.63, 3.8) is 0 Å². The monoisotopic (exact) mass is 365 g/mol. The van der Waals surface area contributed by atoms with Gasteiger partial charge < -0.3 is 0 Å². The molecule has 3 rings (SSSR count). The van der Waals surface area contributed by atoms with Crippen LogP contribution in [0, 0.1) is 6.92 Å². The van der Waals surface area contributed by atoms with Gasteiger partial charge in [0.05, 0.1) is 4.90 Å². The third-order valence-corrected chi connectivity index (χ3v) is 6.23. The van der Waals surface area contributed by atoms with Crippen LogP contribution in [0.15, 0.2) is 51.8 Å². The van der Waals surface area contributed by atoms with Crippen LogP contribution >= 0.6 is 15.9 Å². The quantitative estimate of drug-likeness (QED) is 0.900. The Morgan fingerprint density at radius 2 is 1.95 bits per heavy atom. The van der Waals surface area contributed by atoms with Gasteiger partial charge in [-0.25, -0.2) is 13.1 Å². The number of fused-ring (bicyclic) bond motifs is 1. The van der Waals surface area contributed by atoms with Gasteiger partial charge in [0, 0.05) is 10.5 Å². The lowest BCUT2D eigenvalue weighted by Crippen LogP contribution is -2.27. The summed E-state index contributed by atoms with van der Waals surface area (Å²) in [6.45, 7) is 1.88. The Balaban J connectivity index is 1.89. The van der Waals surface area contributed by atoms with Crippen molar-refractivity contribution in [2.75, 3.05) is 0 Å². The maximum absolute atomic E-state index is 12.5. The molecule has 0 saturated heterocycles. The molecule has 0 amide bonds. The highest BCUT2D eigenvalue weighted by Crippen LogP contribution is 2.32. The molecule has 0 aliphatic heterocycles. The molecular weight excluding hydrogens is 350 g/mol. The van der Waals surface area contributed by atoms with Crippen molar-refractivity contribution in [2.24, 2.45) is 0 Å². The minimum atomic E-state index is -3.50. The first-order chi connectivity index (χ1) is 9.97. The van der Waals surface area contributed by atoms with E-state index in [9.17, 15) is 8.42 Å². The predicted octanol–water partition coefficient (Wildman–Crippen LogP) is 3.72. The number of sulfonamides is 1. The topological polar surface area (TPSA) is 46.2 Å². The van der Waals surface area contributed by atoms with Crippen LogP contribution in [0.5, 0.6) is 0 Å². The fraction of sp³-hybridized carbons (Fsp3) is 0.250. The number of halogens is 1. The molecule has 1 aliphatic rings. The molecule has 5 heteroatoms. The summed E-state index contributed by atoms with van der Waals surface area (Å²) >= 11 is 3.39. The van der Waals surface area contributed by atoms with E-state index in [1.165, 1.54) is 5.56 Å². The van der Waals surface area contributed by atoms with E-state index in [2.05, 4.69) is 26.7 Å². The molecule has 1 aliphatic carbocycles. The highest BCUT2D eigenvalue weighted by Gasteiger charge is 2.27. The van der Waals surface area contributed by atoms with E-state index in [0.29, 0.717) is 4.90 Å². The Morgan fingerprint density at radius 1 is 1.19 bits per heavy atom. The van der Waals surface area contributed by atoms with Crippen LogP contribution in [0.3, 0.4) is 0 Å². The summed E-state index contributed by atoms with van der Waals surface area (Å²) in [5.74, 6) is 0. The molecule has 0 spiro atoms. The Labute approximate surface area is 133 Å². The fourth-order valence-corrected chi connectivity index (χ4v) is 4.30. The standard InChI is InChI=1S/C16H16BrNO2S/c1-11-10-13(7-8-15(11)17)21(19,20)18-16-9-6-12-4-2-3-5-14(12)16/h2-5,7-8,10,16,18H,6,9H2,1H3/t16-/m0/s1. The Morgan fingerprint density at radius 3 is 2.71 bits per heavy atom. The molecule has 0 bridgehead atoms. The highest BCUT2D eigenvalue weighted by molar-refractivity contribution is 9.10. The van der Waals surface area contributed by atoms with Crippen molar-refractivity contribution in [1.82, 2.24) is 4.72 Å². The highest BCUT2D eigenvalue weighted by atomic mass is 79.9. The second-order valence-corrected chi connectivity index (χ2v) is 7.89. The lowest BCUT2D eigenvalue weighted by molar-refractivity contribution is 0.554. The van der Waals surface area contributed by atoms with Gasteiger partial charge in [0.25, 0.3) is 0 Å². The maximum Gasteiger partial charge on any atom is 0.241 e. The van der Waals surface area contributed by atoms with Gasteiger partial charge in [-0.15, -0.1) is 0 Å². The third kappa shape index (κ3) is 2.91. The number of rotatable bonds is 3. The second kappa shape index (κ2) is 5.55. The lowest BCUT2D eigenvalue weighted by atomic mass is 10.1. The molecule has 1 N–H and O–H groups in total. The van der Waals surface area contributed by atoms with Crippen molar-refractivity contribution in [1.29, 1.82) is 0 Å². The Hall–Kier alpha value is -1.17. The van der Waals surface area contributed by atoms with E-state index in [0.717, 1.165) is 28.4 Å². The van der Waals surface area contributed by atoms with Crippen LogP contribution in [0.4, 0.5) is 0 Å². The SMILES string of the molecule is Cc1cc(S(=O)(=O)N[C@H]2CCc3ccccc32)ccc1Br. The van der Waals surface area contributed by atoms with Gasteiger partial charge >= 0.3 is 0 Å². The van der Waals surface area contributed by atoms with Gasteiger partial charge in [-0.05, 0) is 54.7 Å². The lowest BCUT2D eigenvalue weighted by Gasteiger charge is -2.15. The molecule has 0 saturated carbocycles. The summed E-state index contributed by atoms with van der Waals surface area (Å²) < 4.78 is 28.8. The number of hydrogen-bond acceptors (Lipinski definition) is 2. The zero-order valence-corrected chi connectivity index (χ0v) is 14.0. The minimum Gasteiger partial charge on any atom is -0.207 e. The van der Waals surface area contributed by atoms with Crippen LogP contribution in [-0.2, 0) is 16.4 Å². The number of benzene rings is 2. The van der Waals surface area contributed by atoms with Crippen LogP contribution in [0.1, 0.15) is 29.2 Å². The van der Waals surface area contributed by atoms with Crippen LogP contribution < -0.4 is 4.72 Å². The molecular formula is C16H16BrNO2S. The normalized spacial score (nSPS) is 17.7. The first-order valence-electron chi connectivity index (χ1n) is 6.84. The van der Waals surface area contributed by atoms with E-state index in [4.69, 9.17) is 0 Å². The molecule has 0 fully saturated rings. The van der Waals surface area contributed by atoms with Gasteiger partial charge in [-0.2, -0.15) is 0 Å². The van der Waals surface area contributed by atoms with E-state index >= 15 is 0 Å². The Kier molecular flexibility index (Phi) is 3.90. The van der Waals surface area contributed by atoms with Crippen molar-refractivity contribution in [3.8, 4) is 0 Å². The van der Waals surface area contributed by atoms with Gasteiger partial charge in [-0.1, -0.05) is 40.2 Å².